The van der Waals surface area contributed by atoms with Crippen LogP contribution in [0.1, 0.15) is 32.3 Å². The Kier molecular flexibility index (Phi) is 5.16. The predicted octanol–water partition coefficient (Wildman–Crippen LogP) is 3.58. The number of rotatable bonds is 6. The molecule has 0 aromatic heterocycles. The summed E-state index contributed by atoms with van der Waals surface area (Å²) in [5.74, 6) is 0. The van der Waals surface area contributed by atoms with E-state index in [4.69, 9.17) is 0 Å². The Bertz CT molecular complexity index is 506. The topological polar surface area (TPSA) is 75.4 Å². The smallest absolute Gasteiger partial charge is 0.394 e. The molecule has 0 aliphatic carbocycles. The number of aliphatic hydroxyl groups is 1. The SMILES string of the molecule is CCC(CC)(CO)Nc1ccc([N+](=O)[O-])cc1C(F)(F)F. The van der Waals surface area contributed by atoms with Crippen LogP contribution in [-0.2, 0) is 6.18 Å². The van der Waals surface area contributed by atoms with Crippen molar-refractivity contribution in [2.24, 2.45) is 0 Å². The van der Waals surface area contributed by atoms with Crippen LogP contribution in [0.4, 0.5) is 24.5 Å². The number of benzene rings is 1. The third-order valence-corrected chi connectivity index (χ3v) is 3.58. The highest BCUT2D eigenvalue weighted by Crippen LogP contribution is 2.38. The van der Waals surface area contributed by atoms with Crippen LogP contribution in [0.25, 0.3) is 0 Å². The number of nitrogens with one attached hydrogen (secondary N) is 1. The average Bonchev–Trinajstić information content (AvgIpc) is 2.43. The Morgan fingerprint density at radius 3 is 2.24 bits per heavy atom. The van der Waals surface area contributed by atoms with Crippen LogP contribution >= 0.6 is 0 Å². The monoisotopic (exact) mass is 306 g/mol. The van der Waals surface area contributed by atoms with Crippen molar-refractivity contribution in [1.82, 2.24) is 0 Å². The van der Waals surface area contributed by atoms with Crippen molar-refractivity contribution in [1.29, 1.82) is 0 Å². The number of nitro groups is 1. The van der Waals surface area contributed by atoms with E-state index in [-0.39, 0.29) is 12.3 Å². The van der Waals surface area contributed by atoms with E-state index in [1.54, 1.807) is 13.8 Å². The number of alkyl halides is 3. The summed E-state index contributed by atoms with van der Waals surface area (Å²) in [6.07, 6.45) is -3.90. The number of nitro benzene ring substituents is 1. The van der Waals surface area contributed by atoms with E-state index in [1.165, 1.54) is 0 Å². The second kappa shape index (κ2) is 6.30. The van der Waals surface area contributed by atoms with Gasteiger partial charge in [-0.2, -0.15) is 13.2 Å². The van der Waals surface area contributed by atoms with Gasteiger partial charge in [0.05, 0.1) is 22.6 Å². The largest absolute Gasteiger partial charge is 0.418 e. The molecule has 0 spiro atoms. The van der Waals surface area contributed by atoms with Gasteiger partial charge in [-0.15, -0.1) is 0 Å². The van der Waals surface area contributed by atoms with Crippen LogP contribution in [0.3, 0.4) is 0 Å². The third kappa shape index (κ3) is 3.84. The fraction of sp³-hybridized carbons (Fsp3) is 0.538. The van der Waals surface area contributed by atoms with Gasteiger partial charge in [0.15, 0.2) is 0 Å². The maximum absolute atomic E-state index is 13.1. The number of nitrogens with zero attached hydrogens (tertiary/aromatic N) is 1. The van der Waals surface area contributed by atoms with Crippen LogP contribution < -0.4 is 5.32 Å². The number of anilines is 1. The van der Waals surface area contributed by atoms with Crippen molar-refractivity contribution in [3.63, 3.8) is 0 Å². The van der Waals surface area contributed by atoms with Gasteiger partial charge in [-0.05, 0) is 18.9 Å². The van der Waals surface area contributed by atoms with E-state index < -0.39 is 27.9 Å². The first-order valence-corrected chi connectivity index (χ1v) is 6.43. The Morgan fingerprint density at radius 1 is 1.29 bits per heavy atom. The maximum atomic E-state index is 13.1. The Labute approximate surface area is 119 Å². The van der Waals surface area contributed by atoms with Crippen molar-refractivity contribution in [3.05, 3.63) is 33.9 Å². The lowest BCUT2D eigenvalue weighted by Gasteiger charge is -2.33. The van der Waals surface area contributed by atoms with Gasteiger partial charge in [-0.3, -0.25) is 10.1 Å². The van der Waals surface area contributed by atoms with Crippen molar-refractivity contribution in [3.8, 4) is 0 Å². The number of aliphatic hydroxyl groups excluding tert-OH is 1. The summed E-state index contributed by atoms with van der Waals surface area (Å²) in [5, 5.41) is 22.7. The van der Waals surface area contributed by atoms with Crippen LogP contribution in [0, 0.1) is 10.1 Å². The number of non-ortho nitro benzene ring substituents is 1. The molecule has 0 heterocycles. The second-order valence-electron chi connectivity index (χ2n) is 4.76. The van der Waals surface area contributed by atoms with E-state index in [9.17, 15) is 28.4 Å². The Hall–Kier alpha value is -1.83. The summed E-state index contributed by atoms with van der Waals surface area (Å²) in [5.41, 5.74) is -2.91. The molecule has 0 atom stereocenters. The molecule has 1 aromatic carbocycles. The Morgan fingerprint density at radius 2 is 1.86 bits per heavy atom. The molecule has 0 aliphatic rings. The van der Waals surface area contributed by atoms with Crippen LogP contribution in [0.2, 0.25) is 0 Å². The molecule has 5 nitrogen and oxygen atoms in total. The molecule has 118 valence electrons. The summed E-state index contributed by atoms with van der Waals surface area (Å²) in [6.45, 7) is 3.14. The van der Waals surface area contributed by atoms with Gasteiger partial charge in [0.25, 0.3) is 5.69 Å². The number of halogens is 3. The van der Waals surface area contributed by atoms with Crippen molar-refractivity contribution in [2.45, 2.75) is 38.4 Å². The number of hydrogen-bond acceptors (Lipinski definition) is 4. The van der Waals surface area contributed by atoms with Gasteiger partial charge in [0, 0.05) is 17.8 Å². The summed E-state index contributed by atoms with van der Waals surface area (Å²) < 4.78 is 39.2. The molecular formula is C13H17F3N2O3. The molecule has 0 saturated heterocycles. The zero-order chi connectivity index (χ0) is 16.3. The zero-order valence-electron chi connectivity index (χ0n) is 11.7. The lowest BCUT2D eigenvalue weighted by Crippen LogP contribution is -2.41. The van der Waals surface area contributed by atoms with Gasteiger partial charge < -0.3 is 10.4 Å². The fourth-order valence-electron chi connectivity index (χ4n) is 1.96. The molecule has 0 bridgehead atoms. The zero-order valence-corrected chi connectivity index (χ0v) is 11.7. The average molecular weight is 306 g/mol. The molecule has 0 unspecified atom stereocenters. The van der Waals surface area contributed by atoms with Gasteiger partial charge in [-0.25, -0.2) is 0 Å². The molecule has 1 aromatic rings. The number of hydrogen-bond donors (Lipinski definition) is 2. The van der Waals surface area contributed by atoms with E-state index in [0.717, 1.165) is 12.1 Å². The molecule has 0 radical (unpaired) electrons. The first-order valence-electron chi connectivity index (χ1n) is 6.43. The van der Waals surface area contributed by atoms with E-state index in [1.807, 2.05) is 0 Å². The lowest BCUT2D eigenvalue weighted by molar-refractivity contribution is -0.385. The summed E-state index contributed by atoms with van der Waals surface area (Å²) in [6, 6.07) is 2.53. The van der Waals surface area contributed by atoms with Crippen LogP contribution in [0.5, 0.6) is 0 Å². The van der Waals surface area contributed by atoms with Crippen LogP contribution in [-0.4, -0.2) is 22.2 Å². The predicted molar refractivity (Wildman–Crippen MR) is 72.1 cm³/mol. The minimum absolute atomic E-state index is 0.272. The first-order chi connectivity index (χ1) is 9.69. The molecule has 8 heteroatoms. The minimum atomic E-state index is -4.73. The molecule has 0 fully saturated rings. The third-order valence-electron chi connectivity index (χ3n) is 3.58. The van der Waals surface area contributed by atoms with E-state index >= 15 is 0 Å². The van der Waals surface area contributed by atoms with Crippen molar-refractivity contribution in [2.75, 3.05) is 11.9 Å². The van der Waals surface area contributed by atoms with E-state index in [0.29, 0.717) is 18.9 Å². The fourth-order valence-corrected chi connectivity index (χ4v) is 1.96. The molecular weight excluding hydrogens is 289 g/mol. The quantitative estimate of drug-likeness (QED) is 0.622. The van der Waals surface area contributed by atoms with Crippen molar-refractivity contribution < 1.29 is 23.2 Å². The maximum Gasteiger partial charge on any atom is 0.418 e. The minimum Gasteiger partial charge on any atom is -0.394 e. The molecule has 1 rings (SSSR count). The van der Waals surface area contributed by atoms with Crippen molar-refractivity contribution >= 4 is 11.4 Å². The first kappa shape index (κ1) is 17.2. The summed E-state index contributed by atoms with van der Waals surface area (Å²) in [7, 11) is 0. The summed E-state index contributed by atoms with van der Waals surface area (Å²) >= 11 is 0. The van der Waals surface area contributed by atoms with E-state index in [2.05, 4.69) is 5.32 Å². The molecule has 0 saturated carbocycles. The second-order valence-corrected chi connectivity index (χ2v) is 4.76. The Balaban J connectivity index is 3.32. The lowest BCUT2D eigenvalue weighted by atomic mass is 9.93. The normalized spacial score (nSPS) is 12.3. The highest BCUT2D eigenvalue weighted by atomic mass is 19.4. The molecule has 2 N–H and O–H groups in total. The van der Waals surface area contributed by atoms with Crippen LogP contribution in [0.15, 0.2) is 18.2 Å². The standard InChI is InChI=1S/C13H17F3N2O3/c1-3-12(4-2,8-19)17-11-6-5-9(18(20)21)7-10(11)13(14,15)16/h5-7,17,19H,3-4,8H2,1-2H3. The molecule has 0 aliphatic heterocycles. The van der Waals surface area contributed by atoms with Gasteiger partial charge in [0.1, 0.15) is 0 Å². The molecule has 0 amide bonds. The molecule has 21 heavy (non-hydrogen) atoms. The van der Waals surface area contributed by atoms with Gasteiger partial charge in [0.2, 0.25) is 0 Å². The highest BCUT2D eigenvalue weighted by Gasteiger charge is 2.37. The van der Waals surface area contributed by atoms with Gasteiger partial charge in [-0.1, -0.05) is 13.8 Å². The highest BCUT2D eigenvalue weighted by molar-refractivity contribution is 5.58. The van der Waals surface area contributed by atoms with Gasteiger partial charge >= 0.3 is 6.18 Å². The summed E-state index contributed by atoms with van der Waals surface area (Å²) in [4.78, 5) is 9.75.